The van der Waals surface area contributed by atoms with E-state index in [1.165, 1.54) is 39.5 Å². The Morgan fingerprint density at radius 2 is 1.71 bits per heavy atom. The summed E-state index contributed by atoms with van der Waals surface area (Å²) in [6.45, 7) is 8.87. The number of nitrogens with one attached hydrogen (secondary N) is 1. The number of nitrogens with zero attached hydrogens (tertiary/aromatic N) is 2. The molecule has 2 aromatic carbocycles. The molecule has 1 atom stereocenters. The molecule has 0 radical (unpaired) electrons. The van der Waals surface area contributed by atoms with Crippen molar-refractivity contribution in [2.24, 2.45) is 17.8 Å². The molecular weight excluding hydrogens is 493 g/mol. The molecule has 7 nitrogen and oxygen atoms in total. The van der Waals surface area contributed by atoms with Crippen molar-refractivity contribution in [3.05, 3.63) is 53.3 Å². The maximum Gasteiger partial charge on any atom is 0.243 e. The first-order valence-electron chi connectivity index (χ1n) is 11.5. The van der Waals surface area contributed by atoms with Crippen LogP contribution in [0.4, 0.5) is 15.8 Å². The Morgan fingerprint density at radius 1 is 1.11 bits per heavy atom. The smallest absolute Gasteiger partial charge is 0.243 e. The predicted octanol–water partition coefficient (Wildman–Crippen LogP) is 4.77. The maximum atomic E-state index is 13.4. The van der Waals surface area contributed by atoms with Gasteiger partial charge >= 0.3 is 0 Å². The van der Waals surface area contributed by atoms with Crippen LogP contribution in [0.2, 0.25) is 5.02 Å². The van der Waals surface area contributed by atoms with Gasteiger partial charge in [-0.05, 0) is 54.3 Å². The zero-order chi connectivity index (χ0) is 25.9. The van der Waals surface area contributed by atoms with E-state index < -0.39 is 21.8 Å². The molecule has 0 aliphatic carbocycles. The highest BCUT2D eigenvalue weighted by atomic mass is 35.5. The fourth-order valence-electron chi connectivity index (χ4n) is 3.97. The van der Waals surface area contributed by atoms with Crippen LogP contribution in [0.1, 0.15) is 34.1 Å². The van der Waals surface area contributed by atoms with Crippen LogP contribution >= 0.6 is 11.6 Å². The molecule has 2 amide bonds. The number of anilines is 2. The van der Waals surface area contributed by atoms with Gasteiger partial charge < -0.3 is 10.2 Å². The second kappa shape index (κ2) is 11.1. The summed E-state index contributed by atoms with van der Waals surface area (Å²) in [4.78, 5) is 26.8. The molecule has 35 heavy (non-hydrogen) atoms. The van der Waals surface area contributed by atoms with Gasteiger partial charge in [-0.2, -0.15) is 4.31 Å². The zero-order valence-electron chi connectivity index (χ0n) is 20.3. The lowest BCUT2D eigenvalue weighted by molar-refractivity contribution is -0.122. The molecule has 0 spiro atoms. The zero-order valence-corrected chi connectivity index (χ0v) is 21.9. The molecule has 3 rings (SSSR count). The van der Waals surface area contributed by atoms with Crippen molar-refractivity contribution >= 4 is 44.8 Å². The van der Waals surface area contributed by atoms with Crippen molar-refractivity contribution in [2.75, 3.05) is 29.9 Å². The van der Waals surface area contributed by atoms with Crippen molar-refractivity contribution in [2.45, 2.75) is 39.0 Å². The summed E-state index contributed by atoms with van der Waals surface area (Å²) in [5.41, 5.74) is 0.863. The Kier molecular flexibility index (Phi) is 8.56. The lowest BCUT2D eigenvalue weighted by Gasteiger charge is -2.25. The SMILES string of the molecule is CC(C)CN(CC(C)C)S(=O)(=O)c1ccc(NC(=O)C2CC(=O)N(c3ccc(F)c(Cl)c3)C2)cc1. The van der Waals surface area contributed by atoms with E-state index in [1.54, 1.807) is 12.1 Å². The Balaban J connectivity index is 1.68. The molecule has 1 heterocycles. The second-order valence-corrected chi connectivity index (χ2v) is 12.0. The van der Waals surface area contributed by atoms with E-state index in [9.17, 15) is 22.4 Å². The Labute approximate surface area is 211 Å². The standard InChI is InChI=1S/C25H31ClFN3O4S/c1-16(2)13-29(14-17(3)4)35(33,34)21-8-5-19(6-9-21)28-25(32)18-11-24(31)30(15-18)20-7-10-23(27)22(26)12-20/h5-10,12,16-18H,11,13-15H2,1-4H3,(H,28,32). The molecule has 1 unspecified atom stereocenters. The molecule has 190 valence electrons. The predicted molar refractivity (Wildman–Crippen MR) is 135 cm³/mol. The molecule has 1 saturated heterocycles. The molecule has 0 bridgehead atoms. The Morgan fingerprint density at radius 3 is 2.26 bits per heavy atom. The number of halogens is 2. The van der Waals surface area contributed by atoms with Crippen molar-refractivity contribution in [1.82, 2.24) is 4.31 Å². The number of rotatable bonds is 9. The normalized spacial score (nSPS) is 16.5. The topological polar surface area (TPSA) is 86.8 Å². The van der Waals surface area contributed by atoms with Gasteiger partial charge in [-0.25, -0.2) is 12.8 Å². The lowest BCUT2D eigenvalue weighted by Crippen LogP contribution is -2.37. The van der Waals surface area contributed by atoms with E-state index in [1.807, 2.05) is 27.7 Å². The highest BCUT2D eigenvalue weighted by Crippen LogP contribution is 2.29. The molecule has 0 saturated carbocycles. The third kappa shape index (κ3) is 6.59. The van der Waals surface area contributed by atoms with E-state index in [0.29, 0.717) is 24.5 Å². The molecule has 2 aromatic rings. The number of hydrogen-bond acceptors (Lipinski definition) is 4. The first-order chi connectivity index (χ1) is 16.4. The highest BCUT2D eigenvalue weighted by Gasteiger charge is 2.35. The average molecular weight is 524 g/mol. The number of hydrogen-bond donors (Lipinski definition) is 1. The summed E-state index contributed by atoms with van der Waals surface area (Å²) in [5, 5.41) is 2.66. The fraction of sp³-hybridized carbons (Fsp3) is 0.440. The Bertz CT molecular complexity index is 1180. The van der Waals surface area contributed by atoms with Gasteiger partial charge in [0.15, 0.2) is 0 Å². The van der Waals surface area contributed by atoms with Gasteiger partial charge in [0.1, 0.15) is 5.82 Å². The van der Waals surface area contributed by atoms with Crippen LogP contribution in [0.5, 0.6) is 0 Å². The minimum atomic E-state index is -3.67. The number of carbonyl (C=O) groups is 2. The fourth-order valence-corrected chi connectivity index (χ4v) is 5.92. The van der Waals surface area contributed by atoms with Crippen LogP contribution in [-0.4, -0.2) is 44.2 Å². The number of benzene rings is 2. The molecule has 1 fully saturated rings. The van der Waals surface area contributed by atoms with Gasteiger partial charge in [-0.15, -0.1) is 0 Å². The monoisotopic (exact) mass is 523 g/mol. The van der Waals surface area contributed by atoms with Crippen LogP contribution in [0.3, 0.4) is 0 Å². The minimum absolute atomic E-state index is 0.00660. The molecule has 1 aliphatic rings. The third-order valence-electron chi connectivity index (χ3n) is 5.61. The van der Waals surface area contributed by atoms with Gasteiger partial charge in [-0.1, -0.05) is 39.3 Å². The highest BCUT2D eigenvalue weighted by molar-refractivity contribution is 7.89. The summed E-state index contributed by atoms with van der Waals surface area (Å²) >= 11 is 5.82. The summed E-state index contributed by atoms with van der Waals surface area (Å²) < 4.78 is 41.3. The summed E-state index contributed by atoms with van der Waals surface area (Å²) in [5.74, 6) is -1.44. The van der Waals surface area contributed by atoms with E-state index in [0.717, 1.165) is 0 Å². The summed E-state index contributed by atoms with van der Waals surface area (Å²) in [7, 11) is -3.67. The number of amides is 2. The van der Waals surface area contributed by atoms with Crippen LogP contribution in [-0.2, 0) is 19.6 Å². The third-order valence-corrected chi connectivity index (χ3v) is 7.74. The van der Waals surface area contributed by atoms with Crippen molar-refractivity contribution in [3.63, 3.8) is 0 Å². The molecule has 1 aliphatic heterocycles. The van der Waals surface area contributed by atoms with Crippen molar-refractivity contribution in [1.29, 1.82) is 0 Å². The molecule has 0 aromatic heterocycles. The van der Waals surface area contributed by atoms with Crippen LogP contribution in [0.15, 0.2) is 47.4 Å². The van der Waals surface area contributed by atoms with Gasteiger partial charge in [0, 0.05) is 37.4 Å². The van der Waals surface area contributed by atoms with Gasteiger partial charge in [0.25, 0.3) is 0 Å². The van der Waals surface area contributed by atoms with Gasteiger partial charge in [0.05, 0.1) is 15.8 Å². The average Bonchev–Trinajstić information content (AvgIpc) is 3.17. The molecular formula is C25H31ClFN3O4S. The Hall–Kier alpha value is -2.49. The van der Waals surface area contributed by atoms with E-state index in [4.69, 9.17) is 11.6 Å². The van der Waals surface area contributed by atoms with E-state index >= 15 is 0 Å². The molecule has 10 heteroatoms. The summed E-state index contributed by atoms with van der Waals surface area (Å²) in [6.07, 6.45) is 0.00660. The van der Waals surface area contributed by atoms with Crippen molar-refractivity contribution < 1.29 is 22.4 Å². The van der Waals surface area contributed by atoms with E-state index in [-0.39, 0.29) is 46.5 Å². The van der Waals surface area contributed by atoms with Crippen LogP contribution in [0, 0.1) is 23.6 Å². The quantitative estimate of drug-likeness (QED) is 0.512. The van der Waals surface area contributed by atoms with E-state index in [2.05, 4.69) is 5.32 Å². The summed E-state index contributed by atoms with van der Waals surface area (Å²) in [6, 6.07) is 10.0. The van der Waals surface area contributed by atoms with Gasteiger partial charge in [0.2, 0.25) is 21.8 Å². The molecule has 1 N–H and O–H groups in total. The maximum absolute atomic E-state index is 13.4. The van der Waals surface area contributed by atoms with Crippen molar-refractivity contribution in [3.8, 4) is 0 Å². The second-order valence-electron chi connectivity index (χ2n) is 9.63. The number of carbonyl (C=O) groups excluding carboxylic acids is 2. The first kappa shape index (κ1) is 27.1. The lowest BCUT2D eigenvalue weighted by atomic mass is 10.1. The van der Waals surface area contributed by atoms with Gasteiger partial charge in [-0.3, -0.25) is 9.59 Å². The minimum Gasteiger partial charge on any atom is -0.326 e. The number of sulfonamides is 1. The van der Waals surface area contributed by atoms with Crippen LogP contribution in [0.25, 0.3) is 0 Å². The first-order valence-corrected chi connectivity index (χ1v) is 13.4. The largest absolute Gasteiger partial charge is 0.326 e. The van der Waals surface area contributed by atoms with Crippen LogP contribution < -0.4 is 10.2 Å².